The Kier molecular flexibility index (Phi) is 6.08. The third kappa shape index (κ3) is 4.03. The van der Waals surface area contributed by atoms with Crippen molar-refractivity contribution in [2.75, 3.05) is 33.8 Å². The first-order chi connectivity index (χ1) is 15.3. The zero-order chi connectivity index (χ0) is 23.0. The highest BCUT2D eigenvalue weighted by Gasteiger charge is 2.33. The minimum absolute atomic E-state index is 0.0264. The number of benzene rings is 1. The lowest BCUT2D eigenvalue weighted by Crippen LogP contribution is -2.52. The van der Waals surface area contributed by atoms with Crippen LogP contribution in [0, 0.1) is 11.8 Å². The Morgan fingerprint density at radius 1 is 1.06 bits per heavy atom. The second-order valence-electron chi connectivity index (χ2n) is 8.93. The van der Waals surface area contributed by atoms with Gasteiger partial charge in [0.25, 0.3) is 5.56 Å². The van der Waals surface area contributed by atoms with Gasteiger partial charge in [0.15, 0.2) is 0 Å². The molecule has 1 aromatic carbocycles. The van der Waals surface area contributed by atoms with Crippen LogP contribution in [0.1, 0.15) is 25.7 Å². The maximum absolute atomic E-state index is 13.1. The summed E-state index contributed by atoms with van der Waals surface area (Å²) < 4.78 is 8.05. The van der Waals surface area contributed by atoms with Crippen molar-refractivity contribution in [1.29, 1.82) is 0 Å². The lowest BCUT2D eigenvalue weighted by Gasteiger charge is -2.36. The van der Waals surface area contributed by atoms with Crippen molar-refractivity contribution in [2.24, 2.45) is 18.9 Å². The number of hydrogen-bond donors (Lipinski definition) is 0. The summed E-state index contributed by atoms with van der Waals surface area (Å²) in [5.74, 6) is 0.655. The highest BCUT2D eigenvalue weighted by atomic mass is 16.5. The van der Waals surface area contributed by atoms with Crippen LogP contribution in [0.5, 0.6) is 5.75 Å². The Morgan fingerprint density at radius 3 is 2.44 bits per heavy atom. The molecule has 1 aliphatic carbocycles. The van der Waals surface area contributed by atoms with Gasteiger partial charge in [0.1, 0.15) is 5.75 Å². The molecule has 0 bridgehead atoms. The molecule has 2 aromatic rings. The van der Waals surface area contributed by atoms with Gasteiger partial charge in [-0.3, -0.25) is 23.5 Å². The van der Waals surface area contributed by atoms with Crippen molar-refractivity contribution in [1.82, 2.24) is 18.9 Å². The van der Waals surface area contributed by atoms with Crippen molar-refractivity contribution in [3.63, 3.8) is 0 Å². The smallest absolute Gasteiger partial charge is 0.331 e. The number of carbonyl (C=O) groups excluding carboxylic acids is 2. The van der Waals surface area contributed by atoms with Crippen molar-refractivity contribution < 1.29 is 14.3 Å². The molecule has 2 heterocycles. The molecule has 2 amide bonds. The predicted molar refractivity (Wildman–Crippen MR) is 120 cm³/mol. The quantitative estimate of drug-likeness (QED) is 0.699. The van der Waals surface area contributed by atoms with E-state index in [1.54, 1.807) is 49.2 Å². The van der Waals surface area contributed by atoms with Crippen LogP contribution in [0.4, 0.5) is 0 Å². The summed E-state index contributed by atoms with van der Waals surface area (Å²) in [6.07, 6.45) is 2.95. The molecule has 1 saturated carbocycles. The molecule has 0 N–H and O–H groups in total. The molecule has 1 aromatic heterocycles. The van der Waals surface area contributed by atoms with Crippen molar-refractivity contribution >= 4 is 22.7 Å². The monoisotopic (exact) mass is 442 g/mol. The van der Waals surface area contributed by atoms with E-state index in [1.165, 1.54) is 9.13 Å². The molecule has 1 aliphatic heterocycles. The van der Waals surface area contributed by atoms with Gasteiger partial charge < -0.3 is 14.5 Å². The average Bonchev–Trinajstić information content (AvgIpc) is 2.81. The molecule has 1 saturated heterocycles. The average molecular weight is 443 g/mol. The van der Waals surface area contributed by atoms with Crippen LogP contribution in [-0.2, 0) is 23.2 Å². The molecule has 9 nitrogen and oxygen atoms in total. The van der Waals surface area contributed by atoms with Gasteiger partial charge in [-0.25, -0.2) is 4.79 Å². The number of rotatable bonds is 4. The number of nitrogens with zero attached hydrogens (tertiary/aromatic N) is 4. The van der Waals surface area contributed by atoms with Crippen LogP contribution in [0.2, 0.25) is 0 Å². The van der Waals surface area contributed by atoms with E-state index in [0.29, 0.717) is 49.1 Å². The molecule has 4 rings (SSSR count). The number of amides is 2. The van der Waals surface area contributed by atoms with Crippen LogP contribution in [0.3, 0.4) is 0 Å². The van der Waals surface area contributed by atoms with Crippen LogP contribution < -0.4 is 16.0 Å². The van der Waals surface area contributed by atoms with Crippen molar-refractivity contribution in [2.45, 2.75) is 32.2 Å². The third-order valence-electron chi connectivity index (χ3n) is 6.96. The topological polar surface area (TPSA) is 93.8 Å². The summed E-state index contributed by atoms with van der Waals surface area (Å²) in [7, 11) is 4.96. The lowest BCUT2D eigenvalue weighted by molar-refractivity contribution is -0.147. The van der Waals surface area contributed by atoms with Crippen LogP contribution in [0.15, 0.2) is 27.8 Å². The van der Waals surface area contributed by atoms with E-state index in [0.717, 1.165) is 12.8 Å². The summed E-state index contributed by atoms with van der Waals surface area (Å²) >= 11 is 0. The van der Waals surface area contributed by atoms with Gasteiger partial charge in [-0.2, -0.15) is 0 Å². The first-order valence-corrected chi connectivity index (χ1v) is 11.1. The highest BCUT2D eigenvalue weighted by molar-refractivity contribution is 5.87. The fraction of sp³-hybridized carbons (Fsp3) is 0.565. The number of likely N-dealkylation sites (N-methyl/N-ethyl adjacent to an activating group) is 1. The highest BCUT2D eigenvalue weighted by Crippen LogP contribution is 2.31. The lowest BCUT2D eigenvalue weighted by atomic mass is 9.81. The van der Waals surface area contributed by atoms with Gasteiger partial charge in [-0.05, 0) is 49.8 Å². The summed E-state index contributed by atoms with van der Waals surface area (Å²) in [5.41, 5.74) is -0.0638. The second-order valence-corrected chi connectivity index (χ2v) is 8.93. The summed E-state index contributed by atoms with van der Waals surface area (Å²) in [5, 5.41) is 0.454. The largest absolute Gasteiger partial charge is 0.497 e. The SMILES string of the molecule is COc1ccc2c(c1)c(=O)n(CC1CCC(C(=O)N3CCN(C)C(=O)C3)CC1)c(=O)n2C. The molecular formula is C23H30N4O5. The Hall–Kier alpha value is -3.10. The fourth-order valence-corrected chi connectivity index (χ4v) is 4.84. The van der Waals surface area contributed by atoms with Gasteiger partial charge in [-0.15, -0.1) is 0 Å². The first-order valence-electron chi connectivity index (χ1n) is 11.1. The molecule has 32 heavy (non-hydrogen) atoms. The maximum Gasteiger partial charge on any atom is 0.331 e. The standard InChI is InChI=1S/C23H30N4O5/c1-24-10-11-26(14-20(24)28)21(29)16-6-4-15(5-7-16)13-27-22(30)18-12-17(32-3)8-9-19(18)25(2)23(27)31/h8-9,12,15-16H,4-7,10-11,13-14H2,1-3H3. The molecular weight excluding hydrogens is 412 g/mol. The van der Waals surface area contributed by atoms with E-state index in [-0.39, 0.29) is 41.4 Å². The Bertz CT molecular complexity index is 1160. The van der Waals surface area contributed by atoms with E-state index in [2.05, 4.69) is 0 Å². The molecule has 2 fully saturated rings. The summed E-state index contributed by atoms with van der Waals surface area (Å²) in [6.45, 7) is 1.64. The predicted octanol–water partition coefficient (Wildman–Crippen LogP) is 0.816. The van der Waals surface area contributed by atoms with Gasteiger partial charge in [0.2, 0.25) is 11.8 Å². The van der Waals surface area contributed by atoms with Crippen molar-refractivity contribution in [3.05, 3.63) is 39.0 Å². The van der Waals surface area contributed by atoms with Crippen molar-refractivity contribution in [3.8, 4) is 5.75 Å². The summed E-state index contributed by atoms with van der Waals surface area (Å²) in [4.78, 5) is 54.1. The zero-order valence-electron chi connectivity index (χ0n) is 18.9. The van der Waals surface area contributed by atoms with E-state index < -0.39 is 0 Å². The van der Waals surface area contributed by atoms with Crippen LogP contribution in [-0.4, -0.2) is 64.5 Å². The van der Waals surface area contributed by atoms with E-state index in [1.807, 2.05) is 0 Å². The second kappa shape index (κ2) is 8.80. The Labute approximate surface area is 186 Å². The van der Waals surface area contributed by atoms with Gasteiger partial charge >= 0.3 is 5.69 Å². The minimum atomic E-state index is -0.332. The molecule has 0 atom stereocenters. The molecule has 9 heteroatoms. The van der Waals surface area contributed by atoms with Gasteiger partial charge in [0.05, 0.1) is 24.6 Å². The Balaban J connectivity index is 1.46. The molecule has 0 radical (unpaired) electrons. The molecule has 0 spiro atoms. The van der Waals surface area contributed by atoms with E-state index in [4.69, 9.17) is 4.74 Å². The third-order valence-corrected chi connectivity index (χ3v) is 6.96. The van der Waals surface area contributed by atoms with E-state index in [9.17, 15) is 19.2 Å². The number of carbonyl (C=O) groups is 2. The number of fused-ring (bicyclic) bond motifs is 1. The summed E-state index contributed by atoms with van der Waals surface area (Å²) in [6, 6.07) is 5.12. The number of ether oxygens (including phenoxy) is 1. The van der Waals surface area contributed by atoms with Gasteiger partial charge in [0, 0.05) is 39.6 Å². The fourth-order valence-electron chi connectivity index (χ4n) is 4.84. The maximum atomic E-state index is 13.1. The Morgan fingerprint density at radius 2 is 1.78 bits per heavy atom. The van der Waals surface area contributed by atoms with E-state index >= 15 is 0 Å². The number of aromatic nitrogens is 2. The van der Waals surface area contributed by atoms with Crippen LogP contribution >= 0.6 is 0 Å². The molecule has 2 aliphatic rings. The molecule has 0 unspecified atom stereocenters. The number of hydrogen-bond acceptors (Lipinski definition) is 5. The normalized spacial score (nSPS) is 21.8. The minimum Gasteiger partial charge on any atom is -0.497 e. The first kappa shape index (κ1) is 22.1. The van der Waals surface area contributed by atoms with Crippen LogP contribution in [0.25, 0.3) is 10.9 Å². The molecule has 172 valence electrons. The van der Waals surface area contributed by atoms with Gasteiger partial charge in [-0.1, -0.05) is 0 Å². The zero-order valence-corrected chi connectivity index (χ0v) is 18.9. The number of piperazine rings is 1. The number of methoxy groups -OCH3 is 1. The number of aryl methyl sites for hydroxylation is 1.